The minimum Gasteiger partial charge on any atom is -0.467 e. The van der Waals surface area contributed by atoms with Crippen molar-refractivity contribution >= 4 is 5.91 Å². The molecule has 1 saturated heterocycles. The largest absolute Gasteiger partial charge is 0.467 e. The smallest absolute Gasteiger partial charge is 0.253 e. The first-order valence-electron chi connectivity index (χ1n) is 14.6. The van der Waals surface area contributed by atoms with E-state index in [0.717, 1.165) is 0 Å². The molecule has 2 aliphatic heterocycles. The quantitative estimate of drug-likeness (QED) is 0.0967. The van der Waals surface area contributed by atoms with Crippen LogP contribution in [0.2, 0.25) is 0 Å². The Morgan fingerprint density at radius 1 is 1.14 bits per heavy atom. The zero-order valence-electron chi connectivity index (χ0n) is 24.5. The summed E-state index contributed by atoms with van der Waals surface area (Å²) in [4.78, 5) is 12.9. The van der Waals surface area contributed by atoms with Crippen molar-refractivity contribution in [3.63, 3.8) is 0 Å². The molecule has 0 bridgehead atoms. The standard InChI is InChI=1S/C26H49N7O10/c1-25(38)10-40-23(18(36)21(25)31-2)43-20-15(33-24(37)26(39)6-16(26)30)5-14(29)19(17(20)35)42-22-13(28)4-3-12(41-22)8-32-7-11(27)9-34/h3,11,13-23,31-32,34-36,38-39H,4-10,27-30H2,1-2H3,(H,33,37)/t11?,13-,14+,15-,16?,17+,18-,19?,20+,21-,22-,23-,25+,26?/m1/s1. The van der Waals surface area contributed by atoms with E-state index < -0.39 is 90.4 Å². The molecule has 16 N–H and O–H groups in total. The second-order valence-electron chi connectivity index (χ2n) is 12.3. The summed E-state index contributed by atoms with van der Waals surface area (Å²) in [5.74, 6) is -0.203. The molecule has 4 rings (SSSR count). The Morgan fingerprint density at radius 2 is 1.81 bits per heavy atom. The van der Waals surface area contributed by atoms with Gasteiger partial charge in [0, 0.05) is 31.1 Å². The second kappa shape index (κ2) is 13.8. The molecular formula is C26H49N7O10. The number of likely N-dealkylation sites (N-methyl/N-ethyl adjacent to an activating group) is 1. The van der Waals surface area contributed by atoms with Crippen molar-refractivity contribution in [2.45, 2.75) is 111 Å². The number of aliphatic hydroxyl groups excluding tert-OH is 3. The van der Waals surface area contributed by atoms with Gasteiger partial charge in [0.15, 0.2) is 11.9 Å². The third-order valence-corrected chi connectivity index (χ3v) is 8.61. The van der Waals surface area contributed by atoms with Crippen LogP contribution in [0.5, 0.6) is 0 Å². The molecule has 3 fully saturated rings. The molecule has 14 atom stereocenters. The fraction of sp³-hybridized carbons (Fsp3) is 0.885. The van der Waals surface area contributed by atoms with E-state index in [0.29, 0.717) is 25.3 Å². The summed E-state index contributed by atoms with van der Waals surface area (Å²) in [7, 11) is 1.57. The number of nitrogens with two attached hydrogens (primary N) is 4. The monoisotopic (exact) mass is 619 g/mol. The summed E-state index contributed by atoms with van der Waals surface area (Å²) in [6.45, 7) is 1.80. The van der Waals surface area contributed by atoms with Gasteiger partial charge in [0.1, 0.15) is 35.8 Å². The van der Waals surface area contributed by atoms with Crippen molar-refractivity contribution in [1.82, 2.24) is 16.0 Å². The number of hydrogen-bond donors (Lipinski definition) is 12. The van der Waals surface area contributed by atoms with Crippen LogP contribution in [0, 0.1) is 0 Å². The lowest BCUT2D eigenvalue weighted by Gasteiger charge is -2.49. The van der Waals surface area contributed by atoms with Gasteiger partial charge in [-0.05, 0) is 32.9 Å². The number of rotatable bonds is 12. The molecule has 2 saturated carbocycles. The van der Waals surface area contributed by atoms with Gasteiger partial charge in [0.05, 0.1) is 37.9 Å². The zero-order valence-corrected chi connectivity index (χ0v) is 24.5. The first-order valence-corrected chi connectivity index (χ1v) is 14.6. The van der Waals surface area contributed by atoms with E-state index in [2.05, 4.69) is 16.0 Å². The van der Waals surface area contributed by atoms with Gasteiger partial charge >= 0.3 is 0 Å². The van der Waals surface area contributed by atoms with Gasteiger partial charge in [0.2, 0.25) is 6.29 Å². The number of aliphatic hydroxyl groups is 5. The minimum atomic E-state index is -1.75. The van der Waals surface area contributed by atoms with Crippen LogP contribution in [0.4, 0.5) is 0 Å². The number of carbonyl (C=O) groups excluding carboxylic acids is 1. The van der Waals surface area contributed by atoms with E-state index in [1.807, 2.05) is 0 Å². The first-order chi connectivity index (χ1) is 20.2. The molecule has 0 radical (unpaired) electrons. The van der Waals surface area contributed by atoms with Crippen LogP contribution in [-0.4, -0.2) is 149 Å². The lowest BCUT2D eigenvalue weighted by atomic mass is 9.83. The second-order valence-corrected chi connectivity index (χ2v) is 12.3. The van der Waals surface area contributed by atoms with Crippen LogP contribution in [-0.2, 0) is 23.7 Å². The summed E-state index contributed by atoms with van der Waals surface area (Å²) in [5.41, 5.74) is 21.0. The highest BCUT2D eigenvalue weighted by Crippen LogP contribution is 2.36. The molecular weight excluding hydrogens is 570 g/mol. The highest BCUT2D eigenvalue weighted by molar-refractivity contribution is 5.89. The predicted octanol–water partition coefficient (Wildman–Crippen LogP) is -6.28. The Hall–Kier alpha value is -1.55. The van der Waals surface area contributed by atoms with Crippen molar-refractivity contribution in [3.8, 4) is 0 Å². The lowest BCUT2D eigenvalue weighted by molar-refractivity contribution is -0.304. The molecule has 4 unspecified atom stereocenters. The molecule has 43 heavy (non-hydrogen) atoms. The number of ether oxygens (including phenoxy) is 4. The SMILES string of the molecule is CN[C@@H]1[C@@H](O)[C@@H](O[C@H]2[C@H](NC(=O)C3(O)CC3N)C[C@H](N)C(O[C@H]3OC(CNCC(N)CO)=CC[C@H]3N)[C@@H]2O)OC[C@]1(C)O. The Kier molecular flexibility index (Phi) is 11.0. The highest BCUT2D eigenvalue weighted by Gasteiger charge is 2.59. The van der Waals surface area contributed by atoms with Gasteiger partial charge in [-0.2, -0.15) is 0 Å². The molecule has 248 valence electrons. The molecule has 17 heteroatoms. The molecule has 0 aromatic carbocycles. The number of amides is 1. The summed E-state index contributed by atoms with van der Waals surface area (Å²) >= 11 is 0. The third-order valence-electron chi connectivity index (χ3n) is 8.61. The number of carbonyl (C=O) groups is 1. The predicted molar refractivity (Wildman–Crippen MR) is 151 cm³/mol. The van der Waals surface area contributed by atoms with Gasteiger partial charge < -0.3 is 83.4 Å². The normalized spacial score (nSPS) is 45.6. The summed E-state index contributed by atoms with van der Waals surface area (Å²) in [6.07, 6.45) is -5.11. The van der Waals surface area contributed by atoms with Crippen LogP contribution in [0.15, 0.2) is 11.8 Å². The maximum Gasteiger partial charge on any atom is 0.253 e. The van der Waals surface area contributed by atoms with E-state index in [4.69, 9.17) is 47.0 Å². The molecule has 0 aromatic rings. The van der Waals surface area contributed by atoms with E-state index in [1.54, 1.807) is 13.1 Å². The van der Waals surface area contributed by atoms with Gasteiger partial charge in [-0.25, -0.2) is 0 Å². The number of hydrogen-bond acceptors (Lipinski definition) is 16. The maximum absolute atomic E-state index is 12.9. The topological polar surface area (TPSA) is 295 Å². The van der Waals surface area contributed by atoms with Crippen molar-refractivity contribution in [3.05, 3.63) is 11.8 Å². The Labute approximate surface area is 250 Å². The van der Waals surface area contributed by atoms with Gasteiger partial charge in [-0.1, -0.05) is 0 Å². The van der Waals surface area contributed by atoms with Gasteiger partial charge in [0.25, 0.3) is 5.91 Å². The molecule has 2 heterocycles. The van der Waals surface area contributed by atoms with Crippen LogP contribution >= 0.6 is 0 Å². The molecule has 2 aliphatic carbocycles. The van der Waals surface area contributed by atoms with E-state index in [1.165, 1.54) is 6.92 Å². The molecule has 1 amide bonds. The van der Waals surface area contributed by atoms with Crippen molar-refractivity contribution < 1.29 is 49.3 Å². The van der Waals surface area contributed by atoms with Gasteiger partial charge in [-0.3, -0.25) is 4.79 Å². The Morgan fingerprint density at radius 3 is 2.44 bits per heavy atom. The Balaban J connectivity index is 1.48. The molecule has 0 aromatic heterocycles. The van der Waals surface area contributed by atoms with Crippen molar-refractivity contribution in [2.75, 3.05) is 33.4 Å². The number of nitrogens with one attached hydrogen (secondary N) is 3. The maximum atomic E-state index is 12.9. The lowest BCUT2D eigenvalue weighted by Crippen LogP contribution is -2.69. The van der Waals surface area contributed by atoms with Crippen molar-refractivity contribution in [1.29, 1.82) is 0 Å². The summed E-state index contributed by atoms with van der Waals surface area (Å²) < 4.78 is 23.8. The highest BCUT2D eigenvalue weighted by atomic mass is 16.7. The van der Waals surface area contributed by atoms with E-state index >= 15 is 0 Å². The summed E-state index contributed by atoms with van der Waals surface area (Å²) in [6, 6.07) is -4.36. The van der Waals surface area contributed by atoms with Crippen molar-refractivity contribution in [2.24, 2.45) is 22.9 Å². The summed E-state index contributed by atoms with van der Waals surface area (Å²) in [5, 5.41) is 61.4. The average molecular weight is 620 g/mol. The average Bonchev–Trinajstić information content (AvgIpc) is 3.58. The Bertz CT molecular complexity index is 994. The molecule has 0 spiro atoms. The minimum absolute atomic E-state index is 0.0463. The molecule has 17 nitrogen and oxygen atoms in total. The van der Waals surface area contributed by atoms with E-state index in [9.17, 15) is 25.2 Å². The zero-order chi connectivity index (χ0) is 31.7. The van der Waals surface area contributed by atoms with Gasteiger partial charge in [-0.15, -0.1) is 0 Å². The fourth-order valence-corrected chi connectivity index (χ4v) is 5.79. The van der Waals surface area contributed by atoms with E-state index in [-0.39, 0.29) is 26.1 Å². The first kappa shape index (κ1) is 34.3. The van der Waals surface area contributed by atoms with Crippen LogP contribution in [0.3, 0.4) is 0 Å². The molecule has 4 aliphatic rings. The fourth-order valence-electron chi connectivity index (χ4n) is 5.79. The van der Waals surface area contributed by atoms with Crippen LogP contribution in [0.25, 0.3) is 0 Å². The third kappa shape index (κ3) is 7.64. The van der Waals surface area contributed by atoms with Crippen LogP contribution < -0.4 is 38.9 Å². The van der Waals surface area contributed by atoms with Crippen LogP contribution in [0.1, 0.15) is 26.2 Å².